The van der Waals surface area contributed by atoms with Gasteiger partial charge in [-0.15, -0.1) is 0 Å². The summed E-state index contributed by atoms with van der Waals surface area (Å²) in [5, 5.41) is 3.23. The predicted molar refractivity (Wildman–Crippen MR) is 84.5 cm³/mol. The standard InChI is InChI=1S/C17H20F3N3O/c18-13-5-4-10(22-8-9-2-1-3-9)6-11(13)17(15(19)20)12-7-14(12)24-16(21)23-17/h4-6,9,12,14-15,22H,1-3,7-8H2,(H2,21,23)/t12?,14-,17-/m1/s1. The topological polar surface area (TPSA) is 59.6 Å². The van der Waals surface area contributed by atoms with Crippen LogP contribution in [0.1, 0.15) is 31.2 Å². The van der Waals surface area contributed by atoms with Crippen LogP contribution in [0.15, 0.2) is 23.2 Å². The zero-order valence-electron chi connectivity index (χ0n) is 13.1. The van der Waals surface area contributed by atoms with Crippen LogP contribution in [0.5, 0.6) is 0 Å². The lowest BCUT2D eigenvalue weighted by Crippen LogP contribution is -2.43. The SMILES string of the molecule is NC1=N[C@@](c2cc(NCC3CCC3)ccc2F)(C(F)F)C2C[C@H]2O1. The zero-order valence-corrected chi connectivity index (χ0v) is 13.1. The summed E-state index contributed by atoms with van der Waals surface area (Å²) in [6, 6.07) is 3.97. The van der Waals surface area contributed by atoms with Crippen LogP contribution < -0.4 is 11.1 Å². The van der Waals surface area contributed by atoms with Gasteiger partial charge in [-0.1, -0.05) is 6.42 Å². The van der Waals surface area contributed by atoms with Crippen molar-refractivity contribution in [1.29, 1.82) is 0 Å². The number of nitrogens with zero attached hydrogens (tertiary/aromatic N) is 1. The Morgan fingerprint density at radius 2 is 2.17 bits per heavy atom. The number of halogens is 3. The van der Waals surface area contributed by atoms with Gasteiger partial charge in [0.2, 0.25) is 0 Å². The fraction of sp³-hybridized carbons (Fsp3) is 0.588. The summed E-state index contributed by atoms with van der Waals surface area (Å²) in [5.74, 6) is -0.623. The minimum Gasteiger partial charge on any atom is -0.462 e. The first kappa shape index (κ1) is 15.6. The molecule has 2 saturated carbocycles. The average molecular weight is 339 g/mol. The van der Waals surface area contributed by atoms with E-state index in [1.807, 2.05) is 0 Å². The third kappa shape index (κ3) is 2.41. The summed E-state index contributed by atoms with van der Waals surface area (Å²) in [5.41, 5.74) is 4.15. The monoisotopic (exact) mass is 339 g/mol. The van der Waals surface area contributed by atoms with Gasteiger partial charge in [0.25, 0.3) is 12.4 Å². The molecule has 1 aromatic rings. The van der Waals surface area contributed by atoms with Crippen molar-refractivity contribution in [3.05, 3.63) is 29.6 Å². The molecule has 3 atom stereocenters. The molecule has 0 amide bonds. The number of hydrogen-bond donors (Lipinski definition) is 2. The largest absolute Gasteiger partial charge is 0.462 e. The van der Waals surface area contributed by atoms with E-state index in [2.05, 4.69) is 10.3 Å². The van der Waals surface area contributed by atoms with Gasteiger partial charge >= 0.3 is 0 Å². The summed E-state index contributed by atoms with van der Waals surface area (Å²) in [7, 11) is 0. The van der Waals surface area contributed by atoms with Gasteiger partial charge in [-0.2, -0.15) is 0 Å². The maximum atomic E-state index is 14.4. The predicted octanol–water partition coefficient (Wildman–Crippen LogP) is 3.23. The van der Waals surface area contributed by atoms with Gasteiger partial charge in [-0.05, 0) is 43.4 Å². The molecule has 0 radical (unpaired) electrons. The van der Waals surface area contributed by atoms with E-state index in [0.717, 1.165) is 6.54 Å². The number of amidine groups is 1. The Labute approximate surface area is 138 Å². The summed E-state index contributed by atoms with van der Waals surface area (Å²) < 4.78 is 47.6. The van der Waals surface area contributed by atoms with Crippen LogP contribution in [0.2, 0.25) is 0 Å². The second-order valence-corrected chi connectivity index (χ2v) is 6.95. The number of fused-ring (bicyclic) bond motifs is 1. The lowest BCUT2D eigenvalue weighted by Gasteiger charge is -2.33. The van der Waals surface area contributed by atoms with E-state index < -0.39 is 29.8 Å². The van der Waals surface area contributed by atoms with Crippen molar-refractivity contribution >= 4 is 11.7 Å². The molecule has 4 nitrogen and oxygen atoms in total. The molecule has 1 heterocycles. The highest BCUT2D eigenvalue weighted by molar-refractivity contribution is 5.74. The molecule has 0 aromatic heterocycles. The molecule has 3 aliphatic rings. The average Bonchev–Trinajstić information content (AvgIpc) is 3.25. The number of anilines is 1. The first-order valence-corrected chi connectivity index (χ1v) is 8.34. The van der Waals surface area contributed by atoms with Crippen molar-refractivity contribution in [3.8, 4) is 0 Å². The molecule has 130 valence electrons. The second kappa shape index (κ2) is 5.57. The Morgan fingerprint density at radius 3 is 2.83 bits per heavy atom. The molecule has 1 unspecified atom stereocenters. The van der Waals surface area contributed by atoms with E-state index in [9.17, 15) is 13.2 Å². The molecule has 1 aromatic carbocycles. The van der Waals surface area contributed by atoms with Crippen LogP contribution in [0, 0.1) is 17.7 Å². The molecule has 0 saturated heterocycles. The Balaban J connectivity index is 1.68. The third-order valence-electron chi connectivity index (χ3n) is 5.41. The van der Waals surface area contributed by atoms with E-state index in [-0.39, 0.29) is 11.6 Å². The highest BCUT2D eigenvalue weighted by Crippen LogP contribution is 2.56. The minimum absolute atomic E-state index is 0.102. The number of nitrogens with one attached hydrogen (secondary N) is 1. The van der Waals surface area contributed by atoms with Gasteiger partial charge in [0.15, 0.2) is 5.54 Å². The van der Waals surface area contributed by atoms with Crippen LogP contribution in [0.3, 0.4) is 0 Å². The Bertz CT molecular complexity index is 677. The van der Waals surface area contributed by atoms with Gasteiger partial charge in [-0.25, -0.2) is 18.2 Å². The normalized spacial score (nSPS) is 31.8. The van der Waals surface area contributed by atoms with E-state index >= 15 is 0 Å². The van der Waals surface area contributed by atoms with Crippen molar-refractivity contribution in [2.24, 2.45) is 22.6 Å². The zero-order chi connectivity index (χ0) is 16.9. The van der Waals surface area contributed by atoms with Crippen molar-refractivity contribution in [2.75, 3.05) is 11.9 Å². The molecule has 24 heavy (non-hydrogen) atoms. The number of aliphatic imine (C=N–C) groups is 1. The number of alkyl halides is 2. The maximum absolute atomic E-state index is 14.4. The third-order valence-corrected chi connectivity index (χ3v) is 5.41. The number of nitrogens with two attached hydrogens (primary N) is 1. The number of ether oxygens (including phenoxy) is 1. The number of hydrogen-bond acceptors (Lipinski definition) is 4. The first-order valence-electron chi connectivity index (χ1n) is 8.34. The lowest BCUT2D eigenvalue weighted by molar-refractivity contribution is 0.0177. The molecule has 1 aliphatic heterocycles. The van der Waals surface area contributed by atoms with E-state index in [0.29, 0.717) is 18.0 Å². The summed E-state index contributed by atoms with van der Waals surface area (Å²) >= 11 is 0. The van der Waals surface area contributed by atoms with E-state index in [1.165, 1.54) is 31.4 Å². The van der Waals surface area contributed by atoms with Crippen molar-refractivity contribution in [1.82, 2.24) is 0 Å². The maximum Gasteiger partial charge on any atom is 0.283 e. The number of benzene rings is 1. The summed E-state index contributed by atoms with van der Waals surface area (Å²) in [6.07, 6.45) is 0.725. The minimum atomic E-state index is -2.86. The summed E-state index contributed by atoms with van der Waals surface area (Å²) in [6.45, 7) is 0.771. The van der Waals surface area contributed by atoms with Crippen molar-refractivity contribution < 1.29 is 17.9 Å². The molecule has 0 spiro atoms. The summed E-state index contributed by atoms with van der Waals surface area (Å²) in [4.78, 5) is 3.89. The van der Waals surface area contributed by atoms with Gasteiger partial charge in [-0.3, -0.25) is 0 Å². The van der Waals surface area contributed by atoms with Gasteiger partial charge < -0.3 is 15.8 Å². The quantitative estimate of drug-likeness (QED) is 0.866. The lowest BCUT2D eigenvalue weighted by atomic mass is 9.84. The van der Waals surface area contributed by atoms with Crippen LogP contribution >= 0.6 is 0 Å². The van der Waals surface area contributed by atoms with Crippen LogP contribution in [0.25, 0.3) is 0 Å². The highest BCUT2D eigenvalue weighted by atomic mass is 19.3. The molecular formula is C17H20F3N3O. The van der Waals surface area contributed by atoms with Gasteiger partial charge in [0, 0.05) is 23.7 Å². The van der Waals surface area contributed by atoms with Gasteiger partial charge in [0.1, 0.15) is 11.9 Å². The number of rotatable bonds is 5. The smallest absolute Gasteiger partial charge is 0.283 e. The molecule has 3 N–H and O–H groups in total. The van der Waals surface area contributed by atoms with Crippen LogP contribution in [0.4, 0.5) is 18.9 Å². The highest BCUT2D eigenvalue weighted by Gasteiger charge is 2.64. The molecular weight excluding hydrogens is 319 g/mol. The van der Waals surface area contributed by atoms with E-state index in [4.69, 9.17) is 10.5 Å². The fourth-order valence-corrected chi connectivity index (χ4v) is 3.70. The van der Waals surface area contributed by atoms with Crippen molar-refractivity contribution in [2.45, 2.75) is 43.8 Å². The molecule has 2 fully saturated rings. The fourth-order valence-electron chi connectivity index (χ4n) is 3.70. The molecule has 4 rings (SSSR count). The van der Waals surface area contributed by atoms with E-state index in [1.54, 1.807) is 6.07 Å². The van der Waals surface area contributed by atoms with Gasteiger partial charge in [0.05, 0.1) is 0 Å². The Morgan fingerprint density at radius 1 is 1.38 bits per heavy atom. The molecule has 0 bridgehead atoms. The molecule has 2 aliphatic carbocycles. The van der Waals surface area contributed by atoms with Crippen LogP contribution in [-0.4, -0.2) is 25.1 Å². The van der Waals surface area contributed by atoms with Crippen molar-refractivity contribution in [3.63, 3.8) is 0 Å². The Kier molecular flexibility index (Phi) is 3.62. The second-order valence-electron chi connectivity index (χ2n) is 6.95. The van der Waals surface area contributed by atoms with Crippen LogP contribution in [-0.2, 0) is 10.3 Å². The molecule has 7 heteroatoms. The Hall–Kier alpha value is -1.92. The first-order chi connectivity index (χ1) is 11.5.